The number of aromatic nitrogens is 1. The summed E-state index contributed by atoms with van der Waals surface area (Å²) in [5, 5.41) is 11.6. The molecule has 1 atom stereocenters. The standard InChI is InChI=1S/C22H22N4O/c1-3-12(4-2)17-15-10-9-13-7-5-6-8-14(13)20(15)27-22-18(17)19(24)16(11-23)21(25)26-22/h5-10,12,17H,3-4H2,1-2H3,(H4,24,25,26)/t17-/m0/s1. The Morgan fingerprint density at radius 2 is 1.89 bits per heavy atom. The van der Waals surface area contributed by atoms with Gasteiger partial charge in [-0.2, -0.15) is 10.2 Å². The van der Waals surface area contributed by atoms with Gasteiger partial charge in [0.15, 0.2) is 0 Å². The lowest BCUT2D eigenvalue weighted by atomic mass is 9.75. The van der Waals surface area contributed by atoms with E-state index in [-0.39, 0.29) is 17.3 Å². The van der Waals surface area contributed by atoms with Gasteiger partial charge in [-0.05, 0) is 11.3 Å². The molecular formula is C22H22N4O. The smallest absolute Gasteiger partial charge is 0.227 e. The van der Waals surface area contributed by atoms with Gasteiger partial charge in [-0.1, -0.05) is 63.1 Å². The summed E-state index contributed by atoms with van der Waals surface area (Å²) in [6.45, 7) is 4.35. The van der Waals surface area contributed by atoms with E-state index in [1.807, 2.05) is 12.1 Å². The Morgan fingerprint density at radius 3 is 2.59 bits per heavy atom. The number of nitrogen functional groups attached to an aromatic ring is 2. The number of anilines is 2. The molecule has 27 heavy (non-hydrogen) atoms. The molecule has 2 heterocycles. The lowest BCUT2D eigenvalue weighted by Crippen LogP contribution is -2.22. The Labute approximate surface area is 158 Å². The number of hydrogen-bond acceptors (Lipinski definition) is 5. The van der Waals surface area contributed by atoms with Crippen LogP contribution in [0.2, 0.25) is 0 Å². The molecule has 0 unspecified atom stereocenters. The molecule has 0 radical (unpaired) electrons. The Kier molecular flexibility index (Phi) is 4.12. The highest BCUT2D eigenvalue weighted by atomic mass is 16.5. The number of nitrogens with two attached hydrogens (primary N) is 2. The van der Waals surface area contributed by atoms with Gasteiger partial charge in [-0.15, -0.1) is 0 Å². The van der Waals surface area contributed by atoms with Gasteiger partial charge in [0.1, 0.15) is 23.2 Å². The number of ether oxygens (including phenoxy) is 1. The molecule has 0 bridgehead atoms. The van der Waals surface area contributed by atoms with Crippen molar-refractivity contribution in [3.63, 3.8) is 0 Å². The van der Waals surface area contributed by atoms with Crippen LogP contribution < -0.4 is 16.2 Å². The number of hydrogen-bond donors (Lipinski definition) is 2. The number of nitriles is 1. The van der Waals surface area contributed by atoms with E-state index in [0.29, 0.717) is 17.5 Å². The second kappa shape index (κ2) is 6.48. The number of fused-ring (bicyclic) bond motifs is 4. The summed E-state index contributed by atoms with van der Waals surface area (Å²) in [7, 11) is 0. The molecule has 5 nitrogen and oxygen atoms in total. The zero-order chi connectivity index (χ0) is 19.1. The quantitative estimate of drug-likeness (QED) is 0.690. The van der Waals surface area contributed by atoms with Gasteiger partial charge in [0.2, 0.25) is 5.88 Å². The Hall–Kier alpha value is -3.26. The van der Waals surface area contributed by atoms with Gasteiger partial charge < -0.3 is 16.2 Å². The van der Waals surface area contributed by atoms with Crippen molar-refractivity contribution in [2.75, 3.05) is 11.5 Å². The van der Waals surface area contributed by atoms with Gasteiger partial charge in [0.05, 0.1) is 5.69 Å². The molecule has 4 rings (SSSR count). The largest absolute Gasteiger partial charge is 0.438 e. The predicted molar refractivity (Wildman–Crippen MR) is 108 cm³/mol. The summed E-state index contributed by atoms with van der Waals surface area (Å²) in [5.74, 6) is 1.72. The minimum Gasteiger partial charge on any atom is -0.438 e. The maximum Gasteiger partial charge on any atom is 0.227 e. The molecule has 0 saturated heterocycles. The summed E-state index contributed by atoms with van der Waals surface area (Å²) in [5.41, 5.74) is 14.9. The van der Waals surface area contributed by atoms with Gasteiger partial charge >= 0.3 is 0 Å². The molecule has 1 aromatic heterocycles. The van der Waals surface area contributed by atoms with Gasteiger partial charge in [-0.25, -0.2) is 0 Å². The van der Waals surface area contributed by atoms with Crippen molar-refractivity contribution in [3.8, 4) is 17.7 Å². The SMILES string of the molecule is CCC(CC)[C@H]1c2ccc3ccccc3c2Oc2nc(N)c(C#N)c(N)c21. The van der Waals surface area contributed by atoms with E-state index < -0.39 is 0 Å². The van der Waals surface area contributed by atoms with Crippen LogP contribution in [-0.4, -0.2) is 4.98 Å². The van der Waals surface area contributed by atoms with Crippen molar-refractivity contribution >= 4 is 22.3 Å². The first-order chi connectivity index (χ1) is 13.1. The molecule has 3 aromatic rings. The van der Waals surface area contributed by atoms with Crippen LogP contribution in [0.5, 0.6) is 11.6 Å². The van der Waals surface area contributed by atoms with Crippen molar-refractivity contribution in [1.29, 1.82) is 5.26 Å². The summed E-state index contributed by atoms with van der Waals surface area (Å²) in [6, 6.07) is 14.5. The normalized spacial score (nSPS) is 15.1. The Bertz CT molecular complexity index is 1080. The molecular weight excluding hydrogens is 336 g/mol. The second-order valence-electron chi connectivity index (χ2n) is 6.98. The van der Waals surface area contributed by atoms with Crippen LogP contribution in [0.25, 0.3) is 10.8 Å². The van der Waals surface area contributed by atoms with Crippen LogP contribution in [0.15, 0.2) is 36.4 Å². The molecule has 0 spiro atoms. The summed E-state index contributed by atoms with van der Waals surface area (Å²) in [6.07, 6.45) is 1.97. The Balaban J connectivity index is 2.06. The Morgan fingerprint density at radius 1 is 1.15 bits per heavy atom. The molecule has 0 fully saturated rings. The fraction of sp³-hybridized carbons (Fsp3) is 0.273. The van der Waals surface area contributed by atoms with Crippen LogP contribution in [0.3, 0.4) is 0 Å². The first kappa shape index (κ1) is 17.2. The van der Waals surface area contributed by atoms with Gasteiger partial charge in [0.25, 0.3) is 0 Å². The van der Waals surface area contributed by atoms with Crippen molar-refractivity contribution in [1.82, 2.24) is 4.98 Å². The molecule has 2 aromatic carbocycles. The molecule has 0 amide bonds. The number of pyridine rings is 1. The number of nitrogens with zero attached hydrogens (tertiary/aromatic N) is 2. The summed E-state index contributed by atoms with van der Waals surface area (Å²) >= 11 is 0. The molecule has 5 heteroatoms. The highest BCUT2D eigenvalue weighted by Crippen LogP contribution is 2.53. The summed E-state index contributed by atoms with van der Waals surface area (Å²) < 4.78 is 6.24. The monoisotopic (exact) mass is 358 g/mol. The van der Waals surface area contributed by atoms with Crippen LogP contribution in [0.1, 0.15) is 49.3 Å². The topological polar surface area (TPSA) is 98.0 Å². The first-order valence-corrected chi connectivity index (χ1v) is 9.29. The third-order valence-electron chi connectivity index (χ3n) is 5.65. The van der Waals surface area contributed by atoms with E-state index in [2.05, 4.69) is 49.2 Å². The van der Waals surface area contributed by atoms with E-state index in [4.69, 9.17) is 16.2 Å². The van der Waals surface area contributed by atoms with Crippen molar-refractivity contribution in [2.45, 2.75) is 32.6 Å². The highest BCUT2D eigenvalue weighted by molar-refractivity contribution is 5.91. The minimum absolute atomic E-state index is 0.0172. The zero-order valence-electron chi connectivity index (χ0n) is 15.5. The second-order valence-corrected chi connectivity index (χ2v) is 6.98. The minimum atomic E-state index is 0.0172. The lowest BCUT2D eigenvalue weighted by molar-refractivity contribution is 0.375. The fourth-order valence-corrected chi connectivity index (χ4v) is 4.23. The average molecular weight is 358 g/mol. The van der Waals surface area contributed by atoms with Crippen molar-refractivity contribution < 1.29 is 4.74 Å². The maximum absolute atomic E-state index is 9.49. The molecule has 1 aliphatic rings. The van der Waals surface area contributed by atoms with Crippen molar-refractivity contribution in [2.24, 2.45) is 5.92 Å². The zero-order valence-corrected chi connectivity index (χ0v) is 15.5. The summed E-state index contributed by atoms with van der Waals surface area (Å²) in [4.78, 5) is 4.41. The van der Waals surface area contributed by atoms with E-state index in [1.165, 1.54) is 0 Å². The van der Waals surface area contributed by atoms with Gasteiger partial charge in [0, 0.05) is 22.4 Å². The molecule has 4 N–H and O–H groups in total. The fourth-order valence-electron chi connectivity index (χ4n) is 4.23. The molecule has 1 aliphatic heterocycles. The third kappa shape index (κ3) is 2.48. The number of rotatable bonds is 3. The van der Waals surface area contributed by atoms with Crippen LogP contribution >= 0.6 is 0 Å². The predicted octanol–water partition coefficient (Wildman–Crippen LogP) is 4.94. The van der Waals surface area contributed by atoms with Crippen LogP contribution in [0, 0.1) is 17.2 Å². The van der Waals surface area contributed by atoms with E-state index in [9.17, 15) is 5.26 Å². The first-order valence-electron chi connectivity index (χ1n) is 9.29. The van der Waals surface area contributed by atoms with E-state index in [0.717, 1.165) is 40.5 Å². The van der Waals surface area contributed by atoms with E-state index in [1.54, 1.807) is 0 Å². The average Bonchev–Trinajstić information content (AvgIpc) is 2.68. The van der Waals surface area contributed by atoms with Crippen LogP contribution in [0.4, 0.5) is 11.5 Å². The molecule has 0 aliphatic carbocycles. The van der Waals surface area contributed by atoms with Crippen molar-refractivity contribution in [3.05, 3.63) is 53.1 Å². The maximum atomic E-state index is 9.49. The third-order valence-corrected chi connectivity index (χ3v) is 5.65. The number of benzene rings is 2. The lowest BCUT2D eigenvalue weighted by Gasteiger charge is -2.34. The molecule has 136 valence electrons. The highest BCUT2D eigenvalue weighted by Gasteiger charge is 2.36. The van der Waals surface area contributed by atoms with Crippen LogP contribution in [-0.2, 0) is 0 Å². The molecule has 0 saturated carbocycles. The van der Waals surface area contributed by atoms with E-state index >= 15 is 0 Å². The van der Waals surface area contributed by atoms with Gasteiger partial charge in [-0.3, -0.25) is 0 Å².